The zero-order valence-electron chi connectivity index (χ0n) is 15.4. The molecule has 0 aliphatic carbocycles. The molecule has 1 saturated heterocycles. The molecule has 8 heteroatoms. The van der Waals surface area contributed by atoms with Gasteiger partial charge in [-0.15, -0.1) is 0 Å². The summed E-state index contributed by atoms with van der Waals surface area (Å²) in [5.74, 6) is 4.81. The Balaban J connectivity index is 1.51. The molecule has 1 aromatic heterocycles. The van der Waals surface area contributed by atoms with Gasteiger partial charge in [-0.1, -0.05) is 17.9 Å². The first-order valence-corrected chi connectivity index (χ1v) is 9.03. The third-order valence-electron chi connectivity index (χ3n) is 4.95. The summed E-state index contributed by atoms with van der Waals surface area (Å²) in [6.45, 7) is 1.46. The second-order valence-corrected chi connectivity index (χ2v) is 6.95. The minimum Gasteiger partial charge on any atom is -0.375 e. The fraction of sp³-hybridized carbons (Fsp3) is 0.350. The SMILES string of the molecule is CN1CC[C@@](O)(C#Cc2cccc(NC(=O)c3n[nH]c4c3CCOC4)c2)C1=O. The molecule has 4 rings (SSSR count). The van der Waals surface area contributed by atoms with Gasteiger partial charge in [-0.05, 0) is 18.2 Å². The first-order chi connectivity index (χ1) is 13.5. The van der Waals surface area contributed by atoms with E-state index < -0.39 is 11.5 Å². The molecule has 1 atom stereocenters. The first kappa shape index (κ1) is 18.2. The van der Waals surface area contributed by atoms with Gasteiger partial charge in [0.1, 0.15) is 0 Å². The standard InChI is InChI=1S/C20H20N4O4/c1-24-9-8-20(27,19(24)26)7-5-13-3-2-4-14(11-13)21-18(25)17-15-6-10-28-12-16(15)22-23-17/h2-4,11,27H,6,8-10,12H2,1H3,(H,21,25)(H,22,23)/t20-/m0/s1. The van der Waals surface area contributed by atoms with Crippen molar-refractivity contribution in [3.8, 4) is 11.8 Å². The number of hydrogen-bond acceptors (Lipinski definition) is 5. The number of aromatic nitrogens is 2. The predicted octanol–water partition coefficient (Wildman–Crippen LogP) is 0.679. The molecule has 8 nitrogen and oxygen atoms in total. The number of aromatic amines is 1. The molecule has 1 fully saturated rings. The largest absolute Gasteiger partial charge is 0.375 e. The maximum Gasteiger partial charge on any atom is 0.276 e. The lowest BCUT2D eigenvalue weighted by molar-refractivity contribution is -0.137. The highest BCUT2D eigenvalue weighted by molar-refractivity contribution is 6.04. The van der Waals surface area contributed by atoms with E-state index in [2.05, 4.69) is 27.4 Å². The Morgan fingerprint density at radius 2 is 2.32 bits per heavy atom. The summed E-state index contributed by atoms with van der Waals surface area (Å²) in [4.78, 5) is 26.1. The van der Waals surface area contributed by atoms with Crippen molar-refractivity contribution in [1.82, 2.24) is 15.1 Å². The number of benzene rings is 1. The third kappa shape index (κ3) is 3.38. The van der Waals surface area contributed by atoms with Gasteiger partial charge < -0.3 is 20.1 Å². The van der Waals surface area contributed by atoms with Crippen molar-refractivity contribution < 1.29 is 19.4 Å². The van der Waals surface area contributed by atoms with Crippen molar-refractivity contribution in [3.05, 3.63) is 46.8 Å². The average Bonchev–Trinajstić information content (AvgIpc) is 3.24. The number of carbonyl (C=O) groups excluding carboxylic acids is 2. The van der Waals surface area contributed by atoms with Gasteiger partial charge in [0.2, 0.25) is 5.60 Å². The van der Waals surface area contributed by atoms with Crippen molar-refractivity contribution in [2.75, 3.05) is 25.5 Å². The average molecular weight is 380 g/mol. The Labute approximate surface area is 161 Å². The lowest BCUT2D eigenvalue weighted by Crippen LogP contribution is -2.37. The van der Waals surface area contributed by atoms with Crippen LogP contribution >= 0.6 is 0 Å². The summed E-state index contributed by atoms with van der Waals surface area (Å²) >= 11 is 0. The predicted molar refractivity (Wildman–Crippen MR) is 100 cm³/mol. The van der Waals surface area contributed by atoms with E-state index in [0.29, 0.717) is 43.1 Å². The zero-order chi connectivity index (χ0) is 19.7. The first-order valence-electron chi connectivity index (χ1n) is 9.03. The normalized spacial score (nSPS) is 21.1. The Bertz CT molecular complexity index is 1000. The van der Waals surface area contributed by atoms with Crippen molar-refractivity contribution in [1.29, 1.82) is 0 Å². The molecule has 2 aliphatic heterocycles. The van der Waals surface area contributed by atoms with Crippen molar-refractivity contribution in [2.45, 2.75) is 25.0 Å². The molecule has 3 heterocycles. The zero-order valence-corrected chi connectivity index (χ0v) is 15.4. The molecule has 2 amide bonds. The van der Waals surface area contributed by atoms with E-state index in [-0.39, 0.29) is 12.3 Å². The van der Waals surface area contributed by atoms with Crippen LogP contribution in [-0.2, 0) is 22.6 Å². The molecule has 3 N–H and O–H groups in total. The fourth-order valence-electron chi connectivity index (χ4n) is 3.34. The summed E-state index contributed by atoms with van der Waals surface area (Å²) in [6.07, 6.45) is 0.918. The number of hydrogen-bond donors (Lipinski definition) is 3. The highest BCUT2D eigenvalue weighted by Crippen LogP contribution is 2.22. The van der Waals surface area contributed by atoms with Crippen molar-refractivity contribution in [3.63, 3.8) is 0 Å². The van der Waals surface area contributed by atoms with Crippen molar-refractivity contribution in [2.24, 2.45) is 0 Å². The summed E-state index contributed by atoms with van der Waals surface area (Å²) in [7, 11) is 1.64. The van der Waals surface area contributed by atoms with E-state index >= 15 is 0 Å². The number of H-pyrrole nitrogens is 1. The van der Waals surface area contributed by atoms with Crippen LogP contribution in [0.2, 0.25) is 0 Å². The second kappa shape index (κ2) is 7.11. The van der Waals surface area contributed by atoms with Gasteiger partial charge in [0.15, 0.2) is 5.69 Å². The van der Waals surface area contributed by atoms with E-state index in [4.69, 9.17) is 4.74 Å². The molecular weight excluding hydrogens is 360 g/mol. The number of ether oxygens (including phenoxy) is 1. The highest BCUT2D eigenvalue weighted by Gasteiger charge is 2.42. The van der Waals surface area contributed by atoms with Crippen LogP contribution in [-0.4, -0.2) is 57.8 Å². The molecule has 2 aliphatic rings. The van der Waals surface area contributed by atoms with Crippen LogP contribution < -0.4 is 5.32 Å². The van der Waals surface area contributed by atoms with Gasteiger partial charge in [0.25, 0.3) is 11.8 Å². The van der Waals surface area contributed by atoms with E-state index in [1.807, 2.05) is 0 Å². The lowest BCUT2D eigenvalue weighted by Gasteiger charge is -2.13. The van der Waals surface area contributed by atoms with Crippen LogP contribution in [0.5, 0.6) is 0 Å². The summed E-state index contributed by atoms with van der Waals surface area (Å²) in [5, 5.41) is 20.2. The molecule has 0 bridgehead atoms. The van der Waals surface area contributed by atoms with Gasteiger partial charge in [-0.25, -0.2) is 0 Å². The Morgan fingerprint density at radius 3 is 3.11 bits per heavy atom. The van der Waals surface area contributed by atoms with Crippen LogP contribution in [0.1, 0.15) is 33.7 Å². The maximum atomic E-state index is 12.6. The number of likely N-dealkylation sites (tertiary alicyclic amines) is 1. The van der Waals surface area contributed by atoms with Gasteiger partial charge in [0.05, 0.1) is 18.9 Å². The van der Waals surface area contributed by atoms with Gasteiger partial charge in [0, 0.05) is 43.2 Å². The number of nitrogens with zero attached hydrogens (tertiary/aromatic N) is 2. The number of aliphatic hydroxyl groups is 1. The monoisotopic (exact) mass is 380 g/mol. The Morgan fingerprint density at radius 1 is 1.46 bits per heavy atom. The van der Waals surface area contributed by atoms with E-state index in [0.717, 1.165) is 11.3 Å². The van der Waals surface area contributed by atoms with E-state index in [1.54, 1.807) is 31.3 Å². The van der Waals surface area contributed by atoms with Gasteiger partial charge in [-0.3, -0.25) is 14.7 Å². The summed E-state index contributed by atoms with van der Waals surface area (Å²) < 4.78 is 5.35. The van der Waals surface area contributed by atoms with Crippen LogP contribution in [0, 0.1) is 11.8 Å². The quantitative estimate of drug-likeness (QED) is 0.664. The third-order valence-corrected chi connectivity index (χ3v) is 4.95. The number of nitrogens with one attached hydrogen (secondary N) is 2. The summed E-state index contributed by atoms with van der Waals surface area (Å²) in [6, 6.07) is 6.94. The number of carbonyl (C=O) groups is 2. The minimum absolute atomic E-state index is 0.278. The van der Waals surface area contributed by atoms with Crippen LogP contribution in [0.15, 0.2) is 24.3 Å². The maximum absolute atomic E-state index is 12.6. The lowest BCUT2D eigenvalue weighted by atomic mass is 10.0. The molecular formula is C20H20N4O4. The van der Waals surface area contributed by atoms with Gasteiger partial charge >= 0.3 is 0 Å². The smallest absolute Gasteiger partial charge is 0.276 e. The van der Waals surface area contributed by atoms with Crippen LogP contribution in [0.4, 0.5) is 5.69 Å². The number of amides is 2. The Kier molecular flexibility index (Phi) is 4.63. The van der Waals surface area contributed by atoms with Crippen molar-refractivity contribution >= 4 is 17.5 Å². The molecule has 0 saturated carbocycles. The molecule has 0 spiro atoms. The highest BCUT2D eigenvalue weighted by atomic mass is 16.5. The van der Waals surface area contributed by atoms with Crippen LogP contribution in [0.25, 0.3) is 0 Å². The summed E-state index contributed by atoms with van der Waals surface area (Å²) in [5.41, 5.74) is 1.57. The van der Waals surface area contributed by atoms with E-state index in [9.17, 15) is 14.7 Å². The fourth-order valence-corrected chi connectivity index (χ4v) is 3.34. The number of likely N-dealkylation sites (N-methyl/N-ethyl adjacent to an activating group) is 1. The minimum atomic E-state index is -1.65. The number of rotatable bonds is 2. The topological polar surface area (TPSA) is 108 Å². The molecule has 0 unspecified atom stereocenters. The molecule has 2 aromatic rings. The molecule has 1 aromatic carbocycles. The van der Waals surface area contributed by atoms with Crippen LogP contribution in [0.3, 0.4) is 0 Å². The van der Waals surface area contributed by atoms with Gasteiger partial charge in [-0.2, -0.15) is 5.10 Å². The molecule has 144 valence electrons. The Hall–Kier alpha value is -3.15. The number of anilines is 1. The molecule has 0 radical (unpaired) electrons. The second-order valence-electron chi connectivity index (χ2n) is 6.95. The number of fused-ring (bicyclic) bond motifs is 1. The molecule has 28 heavy (non-hydrogen) atoms. The van der Waals surface area contributed by atoms with E-state index in [1.165, 1.54) is 4.90 Å².